The Bertz CT molecular complexity index is 1070. The van der Waals surface area contributed by atoms with Crippen LogP contribution in [0.3, 0.4) is 0 Å². The molecule has 3 aromatic heterocycles. The van der Waals surface area contributed by atoms with Crippen LogP contribution in [-0.4, -0.2) is 40.2 Å². The van der Waals surface area contributed by atoms with Gasteiger partial charge in [-0.05, 0) is 37.9 Å². The topological polar surface area (TPSA) is 102 Å². The predicted octanol–water partition coefficient (Wildman–Crippen LogP) is 3.66. The Morgan fingerprint density at radius 1 is 1.00 bits per heavy atom. The number of nitrogens with zero attached hydrogens (tertiary/aromatic N) is 4. The second kappa shape index (κ2) is 11.5. The van der Waals surface area contributed by atoms with E-state index in [-0.39, 0.29) is 5.91 Å². The number of amides is 1. The number of benzene rings is 1. The van der Waals surface area contributed by atoms with Crippen LogP contribution in [0.2, 0.25) is 0 Å². The Kier molecular flexibility index (Phi) is 8.15. The predicted molar refractivity (Wildman–Crippen MR) is 121 cm³/mol. The zero-order valence-corrected chi connectivity index (χ0v) is 18.0. The molecule has 0 unspecified atom stereocenters. The molecule has 9 heteroatoms. The number of anilines is 1. The van der Waals surface area contributed by atoms with Crippen LogP contribution in [0.1, 0.15) is 15.9 Å². The van der Waals surface area contributed by atoms with Gasteiger partial charge in [0.1, 0.15) is 11.6 Å². The fourth-order valence-electron chi connectivity index (χ4n) is 2.39. The van der Waals surface area contributed by atoms with Gasteiger partial charge in [-0.2, -0.15) is 0 Å². The van der Waals surface area contributed by atoms with Gasteiger partial charge in [-0.25, -0.2) is 4.98 Å². The van der Waals surface area contributed by atoms with Crippen molar-refractivity contribution in [1.29, 1.82) is 0 Å². The molecule has 2 N–H and O–H groups in total. The summed E-state index contributed by atoms with van der Waals surface area (Å²) in [5.41, 5.74) is 2.36. The lowest BCUT2D eigenvalue weighted by Crippen LogP contribution is -2.12. The van der Waals surface area contributed by atoms with E-state index in [1.165, 1.54) is 17.5 Å². The molecule has 0 radical (unpaired) electrons. The first-order valence-corrected chi connectivity index (χ1v) is 10.3. The average Bonchev–Trinajstić information content (AvgIpc) is 3.28. The minimum Gasteiger partial charge on any atom is -0.473 e. The fraction of sp³-hybridized carbons (Fsp3) is 0.136. The first-order valence-electron chi connectivity index (χ1n) is 9.46. The van der Waals surface area contributed by atoms with Crippen molar-refractivity contribution >= 4 is 22.4 Å². The summed E-state index contributed by atoms with van der Waals surface area (Å²) >= 11 is 1.29. The summed E-state index contributed by atoms with van der Waals surface area (Å²) in [7, 11) is 3.75. The molecular formula is C22H22N6O2S. The minimum absolute atomic E-state index is 0.306. The molecule has 0 aliphatic carbocycles. The van der Waals surface area contributed by atoms with Crippen LogP contribution in [-0.2, 0) is 6.61 Å². The largest absolute Gasteiger partial charge is 0.473 e. The molecule has 1 aromatic carbocycles. The molecule has 4 rings (SSSR count). The van der Waals surface area contributed by atoms with Crippen LogP contribution in [0.25, 0.3) is 10.6 Å². The average molecular weight is 435 g/mol. The second-order valence-electron chi connectivity index (χ2n) is 6.26. The van der Waals surface area contributed by atoms with Gasteiger partial charge in [0.2, 0.25) is 11.0 Å². The molecule has 0 spiro atoms. The van der Waals surface area contributed by atoms with E-state index in [9.17, 15) is 4.79 Å². The number of hydrogen-bond acceptors (Lipinski definition) is 8. The van der Waals surface area contributed by atoms with Gasteiger partial charge >= 0.3 is 0 Å². The van der Waals surface area contributed by atoms with Crippen LogP contribution < -0.4 is 15.4 Å². The van der Waals surface area contributed by atoms with E-state index in [1.807, 2.05) is 56.6 Å². The molecule has 31 heavy (non-hydrogen) atoms. The van der Waals surface area contributed by atoms with Crippen LogP contribution >= 0.6 is 11.3 Å². The Hall–Kier alpha value is -3.69. The highest BCUT2D eigenvalue weighted by Gasteiger charge is 2.12. The Balaban J connectivity index is 0.000000858. The summed E-state index contributed by atoms with van der Waals surface area (Å²) < 4.78 is 5.63. The maximum atomic E-state index is 12.4. The molecule has 0 saturated carbocycles. The molecular weight excluding hydrogens is 412 g/mol. The lowest BCUT2D eigenvalue weighted by Gasteiger charge is -2.06. The monoisotopic (exact) mass is 434 g/mol. The number of nitrogens with one attached hydrogen (secondary N) is 2. The normalized spacial score (nSPS) is 10.0. The van der Waals surface area contributed by atoms with Gasteiger partial charge in [0.15, 0.2) is 0 Å². The van der Waals surface area contributed by atoms with Gasteiger partial charge < -0.3 is 10.1 Å². The number of pyridine rings is 2. The lowest BCUT2D eigenvalue weighted by molar-refractivity contribution is 0.102. The zero-order chi connectivity index (χ0) is 21.9. The SMILES string of the molecule is CNC.O=C(Nc1nnc(-c2ccncc2)s1)c1ccc(OCc2ccccc2)nc1. The maximum Gasteiger partial charge on any atom is 0.259 e. The van der Waals surface area contributed by atoms with E-state index >= 15 is 0 Å². The molecule has 0 aliphatic heterocycles. The molecule has 158 valence electrons. The van der Waals surface area contributed by atoms with Crippen molar-refractivity contribution in [2.45, 2.75) is 6.61 Å². The highest BCUT2D eigenvalue weighted by atomic mass is 32.1. The molecule has 1 amide bonds. The quantitative estimate of drug-likeness (QED) is 0.477. The number of aromatic nitrogens is 4. The van der Waals surface area contributed by atoms with Gasteiger partial charge in [-0.15, -0.1) is 10.2 Å². The summed E-state index contributed by atoms with van der Waals surface area (Å²) in [5, 5.41) is 14.7. The third-order valence-electron chi connectivity index (χ3n) is 3.80. The van der Waals surface area contributed by atoms with Crippen LogP contribution in [0.4, 0.5) is 5.13 Å². The highest BCUT2D eigenvalue weighted by molar-refractivity contribution is 7.18. The van der Waals surface area contributed by atoms with Crippen molar-refractivity contribution < 1.29 is 9.53 Å². The summed E-state index contributed by atoms with van der Waals surface area (Å²) in [6.07, 6.45) is 4.84. The van der Waals surface area contributed by atoms with Crippen LogP contribution in [0, 0.1) is 0 Å². The molecule has 0 saturated heterocycles. The Labute approximate surface area is 184 Å². The van der Waals surface area contributed by atoms with Crippen molar-refractivity contribution in [2.24, 2.45) is 0 Å². The van der Waals surface area contributed by atoms with Gasteiger partial charge in [0.05, 0.1) is 5.56 Å². The Morgan fingerprint density at radius 3 is 2.42 bits per heavy atom. The van der Waals surface area contributed by atoms with E-state index in [0.717, 1.165) is 11.1 Å². The first-order chi connectivity index (χ1) is 15.2. The van der Waals surface area contributed by atoms with E-state index < -0.39 is 0 Å². The molecule has 0 atom stereocenters. The maximum absolute atomic E-state index is 12.4. The standard InChI is InChI=1S/C20H15N5O2S.C2H7N/c26-18(23-20-25-24-19(28-20)15-8-10-21-11-9-15)16-6-7-17(22-12-16)27-13-14-4-2-1-3-5-14;1-3-2/h1-12H,13H2,(H,23,25,26);3H,1-2H3. The number of ether oxygens (including phenoxy) is 1. The zero-order valence-electron chi connectivity index (χ0n) is 17.1. The van der Waals surface area contributed by atoms with Crippen LogP contribution in [0.15, 0.2) is 73.2 Å². The van der Waals surface area contributed by atoms with Gasteiger partial charge in [0.25, 0.3) is 5.91 Å². The van der Waals surface area contributed by atoms with E-state index in [2.05, 4.69) is 30.8 Å². The van der Waals surface area contributed by atoms with E-state index in [1.54, 1.807) is 24.5 Å². The van der Waals surface area contributed by atoms with Crippen molar-refractivity contribution in [3.63, 3.8) is 0 Å². The summed E-state index contributed by atoms with van der Waals surface area (Å²) in [4.78, 5) is 20.5. The number of carbonyl (C=O) groups is 1. The minimum atomic E-state index is -0.306. The smallest absolute Gasteiger partial charge is 0.259 e. The molecule has 3 heterocycles. The molecule has 4 aromatic rings. The molecule has 0 aliphatic rings. The number of hydrogen-bond donors (Lipinski definition) is 2. The third kappa shape index (κ3) is 6.66. The van der Waals surface area contributed by atoms with Crippen molar-refractivity contribution in [2.75, 3.05) is 19.4 Å². The fourth-order valence-corrected chi connectivity index (χ4v) is 3.13. The van der Waals surface area contributed by atoms with Gasteiger partial charge in [-0.1, -0.05) is 41.7 Å². The third-order valence-corrected chi connectivity index (χ3v) is 4.69. The lowest BCUT2D eigenvalue weighted by atomic mass is 10.2. The number of rotatable bonds is 6. The van der Waals surface area contributed by atoms with Crippen molar-refractivity contribution in [3.8, 4) is 16.5 Å². The van der Waals surface area contributed by atoms with Gasteiger partial charge in [-0.3, -0.25) is 15.1 Å². The Morgan fingerprint density at radius 2 is 1.74 bits per heavy atom. The second-order valence-corrected chi connectivity index (χ2v) is 7.24. The number of carbonyl (C=O) groups excluding carboxylic acids is 1. The molecule has 0 bridgehead atoms. The van der Waals surface area contributed by atoms with Gasteiger partial charge in [0, 0.05) is 30.2 Å². The molecule has 0 fully saturated rings. The summed E-state index contributed by atoms with van der Waals surface area (Å²) in [6, 6.07) is 16.8. The van der Waals surface area contributed by atoms with Crippen molar-refractivity contribution in [1.82, 2.24) is 25.5 Å². The summed E-state index contributed by atoms with van der Waals surface area (Å²) in [6.45, 7) is 0.419. The first kappa shape index (κ1) is 22.0. The van der Waals surface area contributed by atoms with E-state index in [4.69, 9.17) is 4.74 Å². The highest BCUT2D eigenvalue weighted by Crippen LogP contribution is 2.25. The summed E-state index contributed by atoms with van der Waals surface area (Å²) in [5.74, 6) is 0.149. The molecule has 8 nitrogen and oxygen atoms in total. The van der Waals surface area contributed by atoms with Crippen LogP contribution in [0.5, 0.6) is 5.88 Å². The van der Waals surface area contributed by atoms with E-state index in [0.29, 0.717) is 28.2 Å². The van der Waals surface area contributed by atoms with Crippen molar-refractivity contribution in [3.05, 3.63) is 84.3 Å².